The standard InChI is InChI=1S/C18H21FN2O3S2/c1-21(26(2,23)24)16-8-5-7-14(12-16)18(22)20-10-11-25-13-15-6-3-4-9-17(15)19/h3-9,12H,10-11,13H2,1-2H3,(H,20,22). The lowest BCUT2D eigenvalue weighted by atomic mass is 10.2. The van der Waals surface area contributed by atoms with Crippen LogP contribution in [0.5, 0.6) is 0 Å². The molecule has 26 heavy (non-hydrogen) atoms. The number of carbonyl (C=O) groups is 1. The normalized spacial score (nSPS) is 11.2. The number of thioether (sulfide) groups is 1. The fourth-order valence-electron chi connectivity index (χ4n) is 2.17. The van der Waals surface area contributed by atoms with E-state index in [-0.39, 0.29) is 11.7 Å². The summed E-state index contributed by atoms with van der Waals surface area (Å²) in [5.41, 5.74) is 1.45. The Morgan fingerprint density at radius 3 is 2.62 bits per heavy atom. The van der Waals surface area contributed by atoms with Crippen LogP contribution in [0.25, 0.3) is 0 Å². The molecule has 140 valence electrons. The minimum absolute atomic E-state index is 0.226. The zero-order valence-electron chi connectivity index (χ0n) is 14.6. The maximum absolute atomic E-state index is 13.5. The number of anilines is 1. The molecule has 0 heterocycles. The lowest BCUT2D eigenvalue weighted by Crippen LogP contribution is -2.27. The van der Waals surface area contributed by atoms with E-state index in [0.717, 1.165) is 10.6 Å². The van der Waals surface area contributed by atoms with Crippen LogP contribution in [0.4, 0.5) is 10.1 Å². The van der Waals surface area contributed by atoms with Gasteiger partial charge in [0, 0.05) is 30.7 Å². The van der Waals surface area contributed by atoms with Gasteiger partial charge in [-0.25, -0.2) is 12.8 Å². The molecule has 8 heteroatoms. The smallest absolute Gasteiger partial charge is 0.251 e. The number of benzene rings is 2. The van der Waals surface area contributed by atoms with Crippen LogP contribution in [0.3, 0.4) is 0 Å². The van der Waals surface area contributed by atoms with Crippen molar-refractivity contribution in [2.45, 2.75) is 5.75 Å². The van der Waals surface area contributed by atoms with Gasteiger partial charge in [0.25, 0.3) is 5.91 Å². The second kappa shape index (κ2) is 9.05. The first kappa shape index (κ1) is 20.3. The number of rotatable bonds is 8. The number of nitrogens with one attached hydrogen (secondary N) is 1. The first-order chi connectivity index (χ1) is 12.3. The van der Waals surface area contributed by atoms with Crippen LogP contribution in [-0.4, -0.2) is 39.9 Å². The quantitative estimate of drug-likeness (QED) is 0.697. The molecule has 1 N–H and O–H groups in total. The summed E-state index contributed by atoms with van der Waals surface area (Å²) in [4.78, 5) is 12.2. The van der Waals surface area contributed by atoms with Gasteiger partial charge in [-0.15, -0.1) is 0 Å². The van der Waals surface area contributed by atoms with Crippen molar-refractivity contribution >= 4 is 33.4 Å². The number of carbonyl (C=O) groups excluding carboxylic acids is 1. The fourth-order valence-corrected chi connectivity index (χ4v) is 3.51. The van der Waals surface area contributed by atoms with E-state index < -0.39 is 10.0 Å². The molecule has 0 aliphatic rings. The van der Waals surface area contributed by atoms with Crippen LogP contribution in [0.2, 0.25) is 0 Å². The molecule has 0 atom stereocenters. The van der Waals surface area contributed by atoms with Crippen molar-refractivity contribution in [2.75, 3.05) is 29.9 Å². The molecule has 0 aliphatic heterocycles. The Balaban J connectivity index is 1.84. The summed E-state index contributed by atoms with van der Waals surface area (Å²) in [6.07, 6.45) is 1.10. The number of halogens is 1. The number of nitrogens with zero attached hydrogens (tertiary/aromatic N) is 1. The van der Waals surface area contributed by atoms with Crippen molar-refractivity contribution in [1.82, 2.24) is 5.32 Å². The molecule has 5 nitrogen and oxygen atoms in total. The van der Waals surface area contributed by atoms with E-state index in [1.54, 1.807) is 36.4 Å². The van der Waals surface area contributed by atoms with E-state index in [4.69, 9.17) is 0 Å². The van der Waals surface area contributed by atoms with Gasteiger partial charge in [-0.05, 0) is 29.8 Å². The van der Waals surface area contributed by atoms with E-state index in [9.17, 15) is 17.6 Å². The largest absolute Gasteiger partial charge is 0.351 e. The number of amides is 1. The fraction of sp³-hybridized carbons (Fsp3) is 0.278. The second-order valence-electron chi connectivity index (χ2n) is 5.68. The van der Waals surface area contributed by atoms with Crippen molar-refractivity contribution < 1.29 is 17.6 Å². The first-order valence-corrected chi connectivity index (χ1v) is 10.9. The monoisotopic (exact) mass is 396 g/mol. The predicted octanol–water partition coefficient (Wildman–Crippen LogP) is 2.88. The van der Waals surface area contributed by atoms with Crippen molar-refractivity contribution in [3.05, 3.63) is 65.5 Å². The SMILES string of the molecule is CN(c1cccc(C(=O)NCCSCc2ccccc2F)c1)S(C)(=O)=O. The van der Waals surface area contributed by atoms with Crippen LogP contribution in [0.15, 0.2) is 48.5 Å². The Bertz CT molecular complexity index is 872. The molecule has 0 unspecified atom stereocenters. The van der Waals surface area contributed by atoms with Crippen molar-refractivity contribution in [2.24, 2.45) is 0 Å². The van der Waals surface area contributed by atoms with Crippen LogP contribution in [0.1, 0.15) is 15.9 Å². The van der Waals surface area contributed by atoms with Crippen LogP contribution in [-0.2, 0) is 15.8 Å². The predicted molar refractivity (Wildman–Crippen MR) is 105 cm³/mol. The van der Waals surface area contributed by atoms with E-state index in [1.165, 1.54) is 30.9 Å². The third kappa shape index (κ3) is 5.74. The second-order valence-corrected chi connectivity index (χ2v) is 8.80. The lowest BCUT2D eigenvalue weighted by molar-refractivity contribution is 0.0956. The summed E-state index contributed by atoms with van der Waals surface area (Å²) in [5.74, 6) is 0.677. The zero-order chi connectivity index (χ0) is 19.2. The van der Waals surface area contributed by atoms with Crippen LogP contribution < -0.4 is 9.62 Å². The zero-order valence-corrected chi connectivity index (χ0v) is 16.2. The maximum atomic E-state index is 13.5. The van der Waals surface area contributed by atoms with Crippen molar-refractivity contribution in [3.63, 3.8) is 0 Å². The van der Waals surface area contributed by atoms with Crippen LogP contribution in [0, 0.1) is 5.82 Å². The summed E-state index contributed by atoms with van der Waals surface area (Å²) in [7, 11) is -1.95. The molecule has 0 fully saturated rings. The average molecular weight is 397 g/mol. The topological polar surface area (TPSA) is 66.5 Å². The third-order valence-electron chi connectivity index (χ3n) is 3.72. The van der Waals surface area contributed by atoms with Gasteiger partial charge in [-0.2, -0.15) is 11.8 Å². The highest BCUT2D eigenvalue weighted by atomic mass is 32.2. The van der Waals surface area contributed by atoms with E-state index in [0.29, 0.717) is 34.9 Å². The van der Waals surface area contributed by atoms with Gasteiger partial charge in [0.2, 0.25) is 10.0 Å². The minimum Gasteiger partial charge on any atom is -0.351 e. The molecular weight excluding hydrogens is 375 g/mol. The molecule has 0 aliphatic carbocycles. The molecule has 0 bridgehead atoms. The number of hydrogen-bond donors (Lipinski definition) is 1. The van der Waals surface area contributed by atoms with Crippen molar-refractivity contribution in [1.29, 1.82) is 0 Å². The van der Waals surface area contributed by atoms with Crippen molar-refractivity contribution in [3.8, 4) is 0 Å². The summed E-state index contributed by atoms with van der Waals surface area (Å²) in [6.45, 7) is 0.435. The Kier molecular flexibility index (Phi) is 7.05. The van der Waals surface area contributed by atoms with Gasteiger partial charge in [-0.1, -0.05) is 24.3 Å². The van der Waals surface area contributed by atoms with Crippen LogP contribution >= 0.6 is 11.8 Å². The average Bonchev–Trinajstić information content (AvgIpc) is 2.61. The first-order valence-electron chi connectivity index (χ1n) is 7.92. The van der Waals surface area contributed by atoms with Gasteiger partial charge in [0.05, 0.1) is 11.9 Å². The Hall–Kier alpha value is -2.06. The third-order valence-corrected chi connectivity index (χ3v) is 5.93. The molecule has 1 amide bonds. The highest BCUT2D eigenvalue weighted by Gasteiger charge is 2.14. The van der Waals surface area contributed by atoms with Gasteiger partial charge < -0.3 is 5.32 Å². The van der Waals surface area contributed by atoms with Gasteiger partial charge in [0.1, 0.15) is 5.82 Å². The Labute approximate surface area is 157 Å². The van der Waals surface area contributed by atoms with E-state index in [1.807, 2.05) is 0 Å². The molecule has 0 saturated carbocycles. The molecule has 0 radical (unpaired) electrons. The van der Waals surface area contributed by atoms with Gasteiger partial charge in [0.15, 0.2) is 0 Å². The Morgan fingerprint density at radius 1 is 1.19 bits per heavy atom. The summed E-state index contributed by atoms with van der Waals surface area (Å²) in [6, 6.07) is 13.0. The molecule has 2 aromatic carbocycles. The molecule has 0 aromatic heterocycles. The highest BCUT2D eigenvalue weighted by Crippen LogP contribution is 2.17. The summed E-state index contributed by atoms with van der Waals surface area (Å²) in [5, 5.41) is 2.78. The highest BCUT2D eigenvalue weighted by molar-refractivity contribution is 7.98. The number of hydrogen-bond acceptors (Lipinski definition) is 4. The number of sulfonamides is 1. The van der Waals surface area contributed by atoms with Gasteiger partial charge >= 0.3 is 0 Å². The molecule has 0 spiro atoms. The van der Waals surface area contributed by atoms with E-state index >= 15 is 0 Å². The lowest BCUT2D eigenvalue weighted by Gasteiger charge is -2.17. The molecule has 2 aromatic rings. The molecule has 2 rings (SSSR count). The minimum atomic E-state index is -3.38. The maximum Gasteiger partial charge on any atom is 0.251 e. The summed E-state index contributed by atoms with van der Waals surface area (Å²) >= 11 is 1.53. The van der Waals surface area contributed by atoms with Gasteiger partial charge in [-0.3, -0.25) is 9.10 Å². The molecule has 0 saturated heterocycles. The summed E-state index contributed by atoms with van der Waals surface area (Å²) < 4.78 is 37.8. The molecular formula is C18H21FN2O3S2. The van der Waals surface area contributed by atoms with E-state index in [2.05, 4.69) is 5.32 Å². The Morgan fingerprint density at radius 2 is 1.92 bits per heavy atom.